The summed E-state index contributed by atoms with van der Waals surface area (Å²) in [5.74, 6) is -2.00. The molecule has 1 atom stereocenters. The van der Waals surface area contributed by atoms with Crippen LogP contribution in [0.25, 0.3) is 0 Å². The lowest BCUT2D eigenvalue weighted by molar-refractivity contribution is -0.140. The normalized spacial score (nSPS) is 11.9. The summed E-state index contributed by atoms with van der Waals surface area (Å²) in [7, 11) is -4.42. The lowest BCUT2D eigenvalue weighted by atomic mass is 10.0. The number of hydrogen-bond donors (Lipinski definition) is 1. The third-order valence-corrected chi connectivity index (χ3v) is 9.70. The average Bonchev–Trinajstić information content (AvgIpc) is 3.04. The van der Waals surface area contributed by atoms with E-state index in [9.17, 15) is 18.0 Å². The van der Waals surface area contributed by atoms with Crippen molar-refractivity contribution >= 4 is 50.7 Å². The van der Waals surface area contributed by atoms with Crippen LogP contribution in [-0.4, -0.2) is 44.3 Å². The molecule has 7 nitrogen and oxygen atoms in total. The maximum atomic E-state index is 15.2. The summed E-state index contributed by atoms with van der Waals surface area (Å²) in [6, 6.07) is 25.8. The Kier molecular flexibility index (Phi) is 12.0. The molecule has 45 heavy (non-hydrogen) atoms. The topological polar surface area (TPSA) is 86.8 Å². The van der Waals surface area contributed by atoms with Gasteiger partial charge in [0, 0.05) is 35.1 Å². The van der Waals surface area contributed by atoms with Gasteiger partial charge in [-0.3, -0.25) is 13.9 Å². The van der Waals surface area contributed by atoms with E-state index in [0.29, 0.717) is 12.1 Å². The molecule has 0 aliphatic rings. The largest absolute Gasteiger partial charge is 0.354 e. The minimum absolute atomic E-state index is 0.123. The quantitative estimate of drug-likeness (QED) is 0.148. The van der Waals surface area contributed by atoms with E-state index >= 15 is 4.39 Å². The van der Waals surface area contributed by atoms with Crippen molar-refractivity contribution in [1.82, 2.24) is 10.2 Å². The third kappa shape index (κ3) is 8.63. The van der Waals surface area contributed by atoms with Gasteiger partial charge in [-0.2, -0.15) is 0 Å². The van der Waals surface area contributed by atoms with E-state index in [1.807, 2.05) is 37.3 Å². The number of rotatable bonds is 14. The Labute approximate surface area is 273 Å². The highest BCUT2D eigenvalue weighted by molar-refractivity contribution is 7.92. The van der Waals surface area contributed by atoms with Gasteiger partial charge in [-0.25, -0.2) is 12.8 Å². The van der Waals surface area contributed by atoms with E-state index in [1.165, 1.54) is 47.4 Å². The van der Waals surface area contributed by atoms with Gasteiger partial charge in [-0.05, 0) is 48.4 Å². The zero-order valence-electron chi connectivity index (χ0n) is 24.7. The molecule has 0 fully saturated rings. The zero-order chi connectivity index (χ0) is 32.4. The second kappa shape index (κ2) is 15.9. The molecular weight excluding hydrogens is 636 g/mol. The van der Waals surface area contributed by atoms with E-state index in [2.05, 4.69) is 5.32 Å². The zero-order valence-corrected chi connectivity index (χ0v) is 27.0. The summed E-state index contributed by atoms with van der Waals surface area (Å²) < 4.78 is 43.8. The van der Waals surface area contributed by atoms with Crippen molar-refractivity contribution in [2.24, 2.45) is 0 Å². The van der Waals surface area contributed by atoms with Crippen LogP contribution in [0.3, 0.4) is 0 Å². The Balaban J connectivity index is 1.82. The standard InChI is InChI=1S/C34H34Cl2FN3O4S/c1-2-3-21-38-34(42)32(22-25-13-6-4-7-14-25)39(23-27-28(35)17-12-18-29(27)36)33(41)24-40(31-20-11-10-19-30(31)37)45(43,44)26-15-8-5-9-16-26/h4-20,32H,2-3,21-24H2,1H3,(H,38,42)/t32-/m0/s1. The third-order valence-electron chi connectivity index (χ3n) is 7.22. The lowest BCUT2D eigenvalue weighted by Crippen LogP contribution is -2.53. The SMILES string of the molecule is CCCCNC(=O)[C@H](Cc1ccccc1)N(Cc1c(Cl)cccc1Cl)C(=O)CN(c1ccccc1F)S(=O)(=O)c1ccccc1. The number of anilines is 1. The molecule has 4 aromatic rings. The number of nitrogens with one attached hydrogen (secondary N) is 1. The second-order valence-corrected chi connectivity index (χ2v) is 13.0. The van der Waals surface area contributed by atoms with Gasteiger partial charge in [0.2, 0.25) is 11.8 Å². The van der Waals surface area contributed by atoms with E-state index < -0.39 is 40.2 Å². The number of benzene rings is 4. The van der Waals surface area contributed by atoms with Gasteiger partial charge in [0.05, 0.1) is 10.6 Å². The van der Waals surface area contributed by atoms with Crippen molar-refractivity contribution in [3.63, 3.8) is 0 Å². The minimum Gasteiger partial charge on any atom is -0.354 e. The minimum atomic E-state index is -4.42. The number of carbonyl (C=O) groups excluding carboxylic acids is 2. The number of carbonyl (C=O) groups is 2. The Morgan fingerprint density at radius 3 is 2.07 bits per heavy atom. The fourth-order valence-corrected chi connectivity index (χ4v) is 6.76. The Morgan fingerprint density at radius 2 is 1.44 bits per heavy atom. The highest BCUT2D eigenvalue weighted by atomic mass is 35.5. The highest BCUT2D eigenvalue weighted by Gasteiger charge is 2.35. The van der Waals surface area contributed by atoms with Crippen LogP contribution in [0.15, 0.2) is 108 Å². The molecule has 236 valence electrons. The number of sulfonamides is 1. The van der Waals surface area contributed by atoms with Crippen LogP contribution in [0, 0.1) is 5.82 Å². The fraction of sp³-hybridized carbons (Fsp3) is 0.235. The van der Waals surface area contributed by atoms with Crippen molar-refractivity contribution in [3.8, 4) is 0 Å². The van der Waals surface area contributed by atoms with Crippen molar-refractivity contribution in [2.75, 3.05) is 17.4 Å². The summed E-state index contributed by atoms with van der Waals surface area (Å²) >= 11 is 13.0. The smallest absolute Gasteiger partial charge is 0.264 e. The Hall–Kier alpha value is -3.92. The van der Waals surface area contributed by atoms with Gasteiger partial charge in [-0.15, -0.1) is 0 Å². The molecule has 0 unspecified atom stereocenters. The molecule has 0 spiro atoms. The molecule has 0 heterocycles. The molecule has 0 radical (unpaired) electrons. The molecule has 2 amide bonds. The van der Waals surface area contributed by atoms with Gasteiger partial charge in [0.15, 0.2) is 0 Å². The number of amides is 2. The van der Waals surface area contributed by atoms with E-state index in [4.69, 9.17) is 23.2 Å². The predicted molar refractivity (Wildman–Crippen MR) is 176 cm³/mol. The molecule has 0 aliphatic carbocycles. The first-order chi connectivity index (χ1) is 21.6. The molecule has 0 saturated heterocycles. The van der Waals surface area contributed by atoms with Crippen LogP contribution in [0.5, 0.6) is 0 Å². The van der Waals surface area contributed by atoms with Gasteiger partial charge in [0.1, 0.15) is 18.4 Å². The van der Waals surface area contributed by atoms with Crippen LogP contribution in [-0.2, 0) is 32.6 Å². The monoisotopic (exact) mass is 669 g/mol. The first-order valence-corrected chi connectivity index (χ1v) is 16.7. The van der Waals surface area contributed by atoms with Crippen molar-refractivity contribution in [1.29, 1.82) is 0 Å². The van der Waals surface area contributed by atoms with Gasteiger partial charge in [-0.1, -0.05) is 103 Å². The summed E-state index contributed by atoms with van der Waals surface area (Å²) in [4.78, 5) is 29.4. The summed E-state index contributed by atoms with van der Waals surface area (Å²) in [6.07, 6.45) is 1.69. The summed E-state index contributed by atoms with van der Waals surface area (Å²) in [5, 5.41) is 3.46. The number of nitrogens with zero attached hydrogens (tertiary/aromatic N) is 2. The Morgan fingerprint density at radius 1 is 0.844 bits per heavy atom. The molecule has 11 heteroatoms. The molecule has 0 aromatic heterocycles. The Bertz CT molecular complexity index is 1690. The van der Waals surface area contributed by atoms with E-state index in [-0.39, 0.29) is 33.6 Å². The molecule has 0 aliphatic heterocycles. The first-order valence-electron chi connectivity index (χ1n) is 14.5. The maximum absolute atomic E-state index is 15.2. The van der Waals surface area contributed by atoms with E-state index in [1.54, 1.807) is 24.3 Å². The lowest BCUT2D eigenvalue weighted by Gasteiger charge is -2.34. The van der Waals surface area contributed by atoms with Crippen LogP contribution in [0.4, 0.5) is 10.1 Å². The van der Waals surface area contributed by atoms with Crippen LogP contribution < -0.4 is 9.62 Å². The number of para-hydroxylation sites is 1. The molecule has 4 aromatic carbocycles. The predicted octanol–water partition coefficient (Wildman–Crippen LogP) is 6.88. The summed E-state index contributed by atoms with van der Waals surface area (Å²) in [5.41, 5.74) is 0.855. The number of unbranched alkanes of at least 4 members (excludes halogenated alkanes) is 1. The molecule has 1 N–H and O–H groups in total. The molecule has 0 saturated carbocycles. The van der Waals surface area contributed by atoms with Crippen molar-refractivity contribution in [3.05, 3.63) is 130 Å². The second-order valence-electron chi connectivity index (χ2n) is 10.3. The van der Waals surface area contributed by atoms with Crippen molar-refractivity contribution < 1.29 is 22.4 Å². The van der Waals surface area contributed by atoms with Crippen LogP contribution >= 0.6 is 23.2 Å². The first kappa shape index (κ1) is 34.0. The van der Waals surface area contributed by atoms with Gasteiger partial charge in [0.25, 0.3) is 10.0 Å². The van der Waals surface area contributed by atoms with Crippen LogP contribution in [0.1, 0.15) is 30.9 Å². The number of halogens is 3. The number of hydrogen-bond acceptors (Lipinski definition) is 4. The highest BCUT2D eigenvalue weighted by Crippen LogP contribution is 2.30. The van der Waals surface area contributed by atoms with Gasteiger partial charge < -0.3 is 10.2 Å². The molecule has 0 bridgehead atoms. The molecule has 4 rings (SSSR count). The van der Waals surface area contributed by atoms with E-state index in [0.717, 1.165) is 28.8 Å². The maximum Gasteiger partial charge on any atom is 0.264 e. The van der Waals surface area contributed by atoms with Crippen LogP contribution in [0.2, 0.25) is 10.0 Å². The molecular formula is C34H34Cl2FN3O4S. The fourth-order valence-electron chi connectivity index (χ4n) is 4.80. The summed E-state index contributed by atoms with van der Waals surface area (Å²) in [6.45, 7) is 1.38. The van der Waals surface area contributed by atoms with Crippen molar-refractivity contribution in [2.45, 2.75) is 43.7 Å². The average molecular weight is 671 g/mol. The van der Waals surface area contributed by atoms with Gasteiger partial charge >= 0.3 is 0 Å².